The van der Waals surface area contributed by atoms with E-state index in [1.54, 1.807) is 157 Å². The van der Waals surface area contributed by atoms with Crippen molar-refractivity contribution in [2.75, 3.05) is 44.2 Å². The average molecular weight is 1880 g/mol. The summed E-state index contributed by atoms with van der Waals surface area (Å²) in [7, 11) is 1.68. The third kappa shape index (κ3) is 27.9. The molecule has 6 aromatic carbocycles. The highest BCUT2D eigenvalue weighted by atomic mass is 33.1. The second kappa shape index (κ2) is 48.6. The number of nitrogens with one attached hydrogen (secondary N) is 16. The molecule has 134 heavy (non-hydrogen) atoms. The first-order valence-electron chi connectivity index (χ1n) is 44.7. The third-order valence-electron chi connectivity index (χ3n) is 24.3. The van der Waals surface area contributed by atoms with Gasteiger partial charge >= 0.3 is 18.0 Å². The number of nitrogens with zero attached hydrogens (tertiary/aromatic N) is 3. The minimum absolute atomic E-state index is 0.0167. The van der Waals surface area contributed by atoms with Crippen molar-refractivity contribution in [3.05, 3.63) is 168 Å². The molecule has 5 heterocycles. The molecule has 0 aromatic heterocycles. The minimum atomic E-state index is -2.18. The van der Waals surface area contributed by atoms with Crippen molar-refractivity contribution in [3.63, 3.8) is 0 Å². The van der Waals surface area contributed by atoms with E-state index in [1.807, 2.05) is 12.2 Å². The molecule has 0 aliphatic carbocycles. The van der Waals surface area contributed by atoms with E-state index < -0.39 is 241 Å². The van der Waals surface area contributed by atoms with Gasteiger partial charge in [0.05, 0.1) is 49.9 Å². The van der Waals surface area contributed by atoms with E-state index in [-0.39, 0.29) is 96.5 Å². The maximum Gasteiger partial charge on any atom is 0.315 e. The Bertz CT molecular complexity index is 5340. The number of urea groups is 1. The highest BCUT2D eigenvalue weighted by molar-refractivity contribution is 8.76. The van der Waals surface area contributed by atoms with Gasteiger partial charge < -0.3 is 95.3 Å². The molecule has 714 valence electrons. The highest BCUT2D eigenvalue weighted by Crippen LogP contribution is 2.34. The van der Waals surface area contributed by atoms with Crippen molar-refractivity contribution in [1.82, 2.24) is 89.1 Å². The van der Waals surface area contributed by atoms with Crippen molar-refractivity contribution in [1.29, 1.82) is 10.8 Å². The number of carboxylic acid groups (broad SMARTS) is 2. The molecule has 42 heteroatoms. The van der Waals surface area contributed by atoms with Crippen LogP contribution in [0.2, 0.25) is 0 Å². The second-order valence-corrected chi connectivity index (χ2v) is 36.3. The number of fused-ring (bicyclic) bond motifs is 10. The van der Waals surface area contributed by atoms with Crippen LogP contribution < -0.4 is 85.9 Å². The van der Waals surface area contributed by atoms with Crippen molar-refractivity contribution in [2.24, 2.45) is 17.4 Å². The van der Waals surface area contributed by atoms with Gasteiger partial charge in [0.2, 0.25) is 82.7 Å². The molecule has 16 amide bonds. The van der Waals surface area contributed by atoms with Gasteiger partial charge in [0.1, 0.15) is 60.4 Å². The van der Waals surface area contributed by atoms with E-state index in [4.69, 9.17) is 22.3 Å². The summed E-state index contributed by atoms with van der Waals surface area (Å²) in [6, 6.07) is 17.6. The van der Waals surface area contributed by atoms with Gasteiger partial charge in [-0.1, -0.05) is 187 Å². The van der Waals surface area contributed by atoms with Crippen molar-refractivity contribution in [3.8, 4) is 0 Å². The Morgan fingerprint density at radius 3 is 1.35 bits per heavy atom. The number of rotatable bonds is 20. The lowest BCUT2D eigenvalue weighted by atomic mass is 9.95. The van der Waals surface area contributed by atoms with Crippen molar-refractivity contribution in [2.45, 2.75) is 208 Å². The smallest absolute Gasteiger partial charge is 0.315 e. The summed E-state index contributed by atoms with van der Waals surface area (Å²) in [5.74, 6) is -19.7. The van der Waals surface area contributed by atoms with Gasteiger partial charge in [0.15, 0.2) is 11.9 Å². The Hall–Kier alpha value is -13.8. The van der Waals surface area contributed by atoms with Crippen molar-refractivity contribution < 1.29 is 91.7 Å². The molecule has 5 saturated heterocycles. The quantitative estimate of drug-likeness (QED) is 0.0168. The summed E-state index contributed by atoms with van der Waals surface area (Å²) in [6.45, 7) is 3.81. The van der Waals surface area contributed by atoms with Gasteiger partial charge in [0, 0.05) is 50.5 Å². The Morgan fingerprint density at radius 2 is 0.828 bits per heavy atom. The fourth-order valence-electron chi connectivity index (χ4n) is 17.4. The number of carbonyl (C=O) groups excluding carboxylic acids is 15. The molecular weight excluding hydrogens is 1770 g/mol. The molecule has 0 radical (unpaired) electrons. The number of imide groups is 2. The zero-order chi connectivity index (χ0) is 96.2. The van der Waals surface area contributed by atoms with Crippen LogP contribution in [0, 0.1) is 16.7 Å². The number of guanidine groups is 2. The SMILES string of the molecule is CC[C@H](C)[C@H]1C(=O)NC(=O)[C@H](CCCNC(=N)N)NC(=O)C[C@@H](c2cccc3ccccc23)NC(=O)N[C@H]2CSSC[C@H](NC(=O)C[C@@H](c3cccc4ccccc34)NC(=O)[C@H](CCCNC(=N)N)NC(=O)[C@@H]3CCCN3C(=O)[C@@H]3CCCN13)C(=O)N[C@@H](Cc1ccccc1)C(=O)N1CCC[C@H]1C(=O)N[C@@H](CC(=O)O)C(=O)NC(=O)[C@H](CC(=O)O)NC(=O)[C@H](Cc1ccccc1)NC2=O. The van der Waals surface area contributed by atoms with E-state index in [1.165, 1.54) is 4.90 Å². The van der Waals surface area contributed by atoms with Gasteiger partial charge in [-0.3, -0.25) is 103 Å². The van der Waals surface area contributed by atoms with Gasteiger partial charge in [0.25, 0.3) is 0 Å². The summed E-state index contributed by atoms with van der Waals surface area (Å²) in [5.41, 5.74) is 12.9. The second-order valence-electron chi connectivity index (χ2n) is 33.8. The monoisotopic (exact) mass is 1880 g/mol. The topological polar surface area (TPSA) is 609 Å². The van der Waals surface area contributed by atoms with Gasteiger partial charge in [-0.2, -0.15) is 0 Å². The van der Waals surface area contributed by atoms with Crippen LogP contribution in [-0.2, 0) is 89.6 Å². The molecule has 6 aromatic rings. The number of hydrogen-bond donors (Lipinski definition) is 20. The van der Waals surface area contributed by atoms with Crippen LogP contribution in [-0.4, -0.2) is 254 Å². The molecule has 0 spiro atoms. The Kier molecular flexibility index (Phi) is 36.5. The fourth-order valence-corrected chi connectivity index (χ4v) is 19.8. The molecule has 40 nitrogen and oxygen atoms in total. The van der Waals surface area contributed by atoms with Crippen LogP contribution in [0.5, 0.6) is 0 Å². The molecule has 15 atom stereocenters. The standard InChI is InChI=1S/C92H115N21O19S2/c1-3-51(2)77-87(129)110-79(121)60(33-16-38-97-90(93)94)99-73(114)46-63(59-32-15-28-55-26-11-13-30-57(55)59)107-92(132)108-69-50-134-133-49-68(100-74(115)45-62(58-31-14-27-54-25-10-12-29-56(54)58)102-78(120)61(34-17-39-98-91(95)96)101-85(127)71-36-19-42-113(71)89(131)72-37-20-40-111(72)77)83(125)106-67(44-53-23-8-5-9-24-53)88(130)112-41-18-35-70(112)86(128)105-66(48-76(118)119)82(124)109-81(123)65(47-75(116)117)104-80(122)64(103-84(69)126)43-52-21-6-4-7-22-52/h4-15,21-32,51,60-72,77H,3,16-20,33-50H2,1-2H3,(H,99,114)(H,100,115)(H,101,127)(H,102,120)(H,103,126)(H,104,122)(H,105,128)(H,106,125)(H,116,117)(H,118,119)(H4,93,94,97)(H4,95,96,98)(H2,107,108,132)(H,109,123,124)(H,110,121,129)/t51-,60-,61-,62-,63-,64-,65-,66-,67-,68-,69-,70-,71-,72-,77-/m0/s1. The summed E-state index contributed by atoms with van der Waals surface area (Å²) >= 11 is 0. The minimum Gasteiger partial charge on any atom is -0.481 e. The summed E-state index contributed by atoms with van der Waals surface area (Å²) in [4.78, 5) is 258. The number of carboxylic acids is 2. The van der Waals surface area contributed by atoms with E-state index in [0.29, 0.717) is 63.1 Å². The first kappa shape index (κ1) is 101. The number of amides is 16. The molecule has 22 N–H and O–H groups in total. The van der Waals surface area contributed by atoms with Crippen molar-refractivity contribution >= 4 is 156 Å². The van der Waals surface area contributed by atoms with Crippen LogP contribution in [0.15, 0.2) is 146 Å². The van der Waals surface area contributed by atoms with Crippen LogP contribution in [0.25, 0.3) is 21.5 Å². The van der Waals surface area contributed by atoms with Gasteiger partial charge in [-0.15, -0.1) is 0 Å². The molecule has 2 bridgehead atoms. The van der Waals surface area contributed by atoms with E-state index in [2.05, 4.69) is 69.1 Å². The largest absolute Gasteiger partial charge is 0.481 e. The fraction of sp³-hybridized carbons (Fsp3) is 0.446. The zero-order valence-electron chi connectivity index (χ0n) is 74.1. The first-order valence-corrected chi connectivity index (χ1v) is 47.2. The molecule has 0 unspecified atom stereocenters. The summed E-state index contributed by atoms with van der Waals surface area (Å²) in [5, 5.41) is 75.6. The number of carbonyl (C=O) groups is 17. The molecule has 5 aliphatic heterocycles. The predicted molar refractivity (Wildman–Crippen MR) is 496 cm³/mol. The molecule has 11 rings (SSSR count). The maximum atomic E-state index is 15.8. The normalized spacial score (nSPS) is 25.3. The number of benzene rings is 6. The summed E-state index contributed by atoms with van der Waals surface area (Å²) < 4.78 is 0. The van der Waals surface area contributed by atoms with Crippen LogP contribution in [0.3, 0.4) is 0 Å². The Morgan fingerprint density at radius 1 is 0.425 bits per heavy atom. The van der Waals surface area contributed by atoms with E-state index in [9.17, 15) is 34.2 Å². The molecule has 5 fully saturated rings. The number of hydrogen-bond acceptors (Lipinski definition) is 22. The number of aliphatic carboxylic acids is 2. The van der Waals surface area contributed by atoms with E-state index >= 15 is 57.5 Å². The Labute approximate surface area is 780 Å². The zero-order valence-corrected chi connectivity index (χ0v) is 75.8. The first-order chi connectivity index (χ1) is 64.3. The molecule has 5 aliphatic rings. The average Bonchev–Trinajstić information content (AvgIpc) is 1.68. The third-order valence-corrected chi connectivity index (χ3v) is 26.7. The van der Waals surface area contributed by atoms with Crippen LogP contribution in [0.1, 0.15) is 144 Å². The molecule has 0 saturated carbocycles. The van der Waals surface area contributed by atoms with Crippen LogP contribution in [0.4, 0.5) is 4.79 Å². The van der Waals surface area contributed by atoms with Gasteiger partial charge in [-0.05, 0) is 120 Å². The number of nitrogens with two attached hydrogens (primary N) is 2. The lowest BCUT2D eigenvalue weighted by molar-refractivity contribution is -0.145. The highest BCUT2D eigenvalue weighted by Gasteiger charge is 2.48. The maximum absolute atomic E-state index is 15.8. The van der Waals surface area contributed by atoms with E-state index in [0.717, 1.165) is 26.5 Å². The summed E-state index contributed by atoms with van der Waals surface area (Å²) in [6.07, 6.45) is -3.03. The van der Waals surface area contributed by atoms with Gasteiger partial charge in [-0.25, -0.2) is 4.79 Å². The molecular formula is C92H115N21O19S2. The van der Waals surface area contributed by atoms with Crippen LogP contribution >= 0.6 is 21.6 Å². The lowest BCUT2D eigenvalue weighted by Crippen LogP contribution is -2.61. The predicted octanol–water partition coefficient (Wildman–Crippen LogP) is 1.25. The lowest BCUT2D eigenvalue weighted by Gasteiger charge is -2.37. The Balaban J connectivity index is 1.05.